The van der Waals surface area contributed by atoms with Gasteiger partial charge in [-0.15, -0.1) is 0 Å². The average Bonchev–Trinajstić information content (AvgIpc) is 2.64. The molecule has 1 aliphatic carbocycles. The fourth-order valence-electron chi connectivity index (χ4n) is 1.69. The van der Waals surface area contributed by atoms with Crippen LogP contribution in [-0.4, -0.2) is 30.3 Å². The summed E-state index contributed by atoms with van der Waals surface area (Å²) in [7, 11) is 0. The highest BCUT2D eigenvalue weighted by molar-refractivity contribution is 5.78. The van der Waals surface area contributed by atoms with Gasteiger partial charge in [0.2, 0.25) is 0 Å². The zero-order chi connectivity index (χ0) is 12.9. The van der Waals surface area contributed by atoms with Gasteiger partial charge in [0.1, 0.15) is 18.2 Å². The zero-order valence-electron chi connectivity index (χ0n) is 10.7. The van der Waals surface area contributed by atoms with E-state index in [-0.39, 0.29) is 12.6 Å². The third-order valence-corrected chi connectivity index (χ3v) is 2.38. The summed E-state index contributed by atoms with van der Waals surface area (Å²) in [6, 6.07) is 0. The predicted molar refractivity (Wildman–Crippen MR) is 62.6 cm³/mol. The molecule has 98 valence electrons. The maximum atomic E-state index is 11.4. The molecule has 1 aliphatic rings. The van der Waals surface area contributed by atoms with Crippen LogP contribution in [0.25, 0.3) is 0 Å². The van der Waals surface area contributed by atoms with Crippen LogP contribution in [0.2, 0.25) is 0 Å². The normalized spacial score (nSPS) is 16.6. The van der Waals surface area contributed by atoms with E-state index in [2.05, 4.69) is 5.32 Å². The molecule has 0 aromatic carbocycles. The van der Waals surface area contributed by atoms with E-state index in [9.17, 15) is 9.59 Å². The van der Waals surface area contributed by atoms with Gasteiger partial charge in [-0.25, -0.2) is 4.79 Å². The number of hydrogen-bond acceptors (Lipinski definition) is 4. The van der Waals surface area contributed by atoms with Crippen molar-refractivity contribution >= 4 is 12.1 Å². The van der Waals surface area contributed by atoms with E-state index in [1.54, 1.807) is 20.8 Å². The topological polar surface area (TPSA) is 64.6 Å². The summed E-state index contributed by atoms with van der Waals surface area (Å²) in [6.07, 6.45) is 3.51. The Morgan fingerprint density at radius 1 is 1.24 bits per heavy atom. The lowest BCUT2D eigenvalue weighted by Gasteiger charge is -2.19. The van der Waals surface area contributed by atoms with Gasteiger partial charge in [-0.2, -0.15) is 0 Å². The number of carbonyl (C=O) groups is 2. The Labute approximate surface area is 102 Å². The lowest BCUT2D eigenvalue weighted by molar-refractivity contribution is -0.147. The Morgan fingerprint density at radius 3 is 2.35 bits per heavy atom. The molecule has 0 saturated heterocycles. The first kappa shape index (κ1) is 13.8. The van der Waals surface area contributed by atoms with Gasteiger partial charge in [0, 0.05) is 0 Å². The van der Waals surface area contributed by atoms with Crippen LogP contribution < -0.4 is 5.32 Å². The average molecular weight is 243 g/mol. The molecule has 0 aromatic rings. The molecule has 0 unspecified atom stereocenters. The van der Waals surface area contributed by atoms with Crippen molar-refractivity contribution in [1.82, 2.24) is 5.32 Å². The van der Waals surface area contributed by atoms with Gasteiger partial charge >= 0.3 is 12.1 Å². The number of esters is 1. The van der Waals surface area contributed by atoms with Crippen LogP contribution in [0.15, 0.2) is 0 Å². The van der Waals surface area contributed by atoms with Gasteiger partial charge in [0.05, 0.1) is 0 Å². The first-order valence-electron chi connectivity index (χ1n) is 6.03. The second-order valence-electron chi connectivity index (χ2n) is 5.25. The van der Waals surface area contributed by atoms with Crippen molar-refractivity contribution in [2.75, 3.05) is 6.54 Å². The molecule has 0 atom stereocenters. The fourth-order valence-corrected chi connectivity index (χ4v) is 1.69. The highest BCUT2D eigenvalue weighted by atomic mass is 16.6. The molecule has 1 rings (SSSR count). The molecule has 0 aromatic heterocycles. The molecule has 1 saturated carbocycles. The number of carbonyl (C=O) groups excluding carboxylic acids is 2. The van der Waals surface area contributed by atoms with Crippen LogP contribution in [0, 0.1) is 0 Å². The maximum Gasteiger partial charge on any atom is 0.408 e. The van der Waals surface area contributed by atoms with E-state index in [4.69, 9.17) is 9.47 Å². The van der Waals surface area contributed by atoms with Crippen LogP contribution in [-0.2, 0) is 14.3 Å². The van der Waals surface area contributed by atoms with Crippen LogP contribution in [0.3, 0.4) is 0 Å². The zero-order valence-corrected chi connectivity index (χ0v) is 10.7. The Morgan fingerprint density at radius 2 is 1.82 bits per heavy atom. The summed E-state index contributed by atoms with van der Waals surface area (Å²) in [5.74, 6) is -0.400. The first-order chi connectivity index (χ1) is 7.87. The molecule has 0 aliphatic heterocycles. The molecular weight excluding hydrogens is 222 g/mol. The van der Waals surface area contributed by atoms with Gasteiger partial charge in [0.15, 0.2) is 0 Å². The van der Waals surface area contributed by atoms with Gasteiger partial charge in [0.25, 0.3) is 0 Å². The minimum atomic E-state index is -0.596. The second kappa shape index (κ2) is 5.89. The van der Waals surface area contributed by atoms with E-state index in [0.29, 0.717) is 0 Å². The standard InChI is InChI=1S/C12H21NO4/c1-12(2,3)17-11(15)13-8-10(14)16-9-6-4-5-7-9/h9H,4-8H2,1-3H3,(H,13,15). The monoisotopic (exact) mass is 243 g/mol. The Balaban J connectivity index is 2.16. The number of hydrogen-bond donors (Lipinski definition) is 1. The van der Waals surface area contributed by atoms with Crippen molar-refractivity contribution < 1.29 is 19.1 Å². The number of rotatable bonds is 3. The Kier molecular flexibility index (Phi) is 4.78. The smallest absolute Gasteiger partial charge is 0.408 e. The first-order valence-corrected chi connectivity index (χ1v) is 6.03. The summed E-state index contributed by atoms with van der Waals surface area (Å²) < 4.78 is 10.2. The molecule has 5 nitrogen and oxygen atoms in total. The lowest BCUT2D eigenvalue weighted by Crippen LogP contribution is -2.36. The van der Waals surface area contributed by atoms with Gasteiger partial charge in [-0.3, -0.25) is 4.79 Å². The van der Waals surface area contributed by atoms with Crippen molar-refractivity contribution in [1.29, 1.82) is 0 Å². The molecule has 17 heavy (non-hydrogen) atoms. The lowest BCUT2D eigenvalue weighted by atomic mass is 10.2. The molecular formula is C12H21NO4. The van der Waals surface area contributed by atoms with Gasteiger partial charge < -0.3 is 14.8 Å². The minimum absolute atomic E-state index is 0.0305. The van der Waals surface area contributed by atoms with Crippen LogP contribution >= 0.6 is 0 Å². The maximum absolute atomic E-state index is 11.4. The van der Waals surface area contributed by atoms with E-state index < -0.39 is 17.7 Å². The quantitative estimate of drug-likeness (QED) is 0.770. The van der Waals surface area contributed by atoms with E-state index in [0.717, 1.165) is 25.7 Å². The molecule has 0 bridgehead atoms. The second-order valence-corrected chi connectivity index (χ2v) is 5.25. The Hall–Kier alpha value is -1.26. The fraction of sp³-hybridized carbons (Fsp3) is 0.833. The van der Waals surface area contributed by atoms with E-state index >= 15 is 0 Å². The molecule has 1 N–H and O–H groups in total. The van der Waals surface area contributed by atoms with Crippen molar-refractivity contribution in [3.05, 3.63) is 0 Å². The SMILES string of the molecule is CC(C)(C)OC(=O)NCC(=O)OC1CCCC1. The molecule has 0 radical (unpaired) electrons. The summed E-state index contributed by atoms with van der Waals surface area (Å²) in [6.45, 7) is 5.17. The van der Waals surface area contributed by atoms with Crippen molar-refractivity contribution in [2.24, 2.45) is 0 Å². The third kappa shape index (κ3) is 6.14. The van der Waals surface area contributed by atoms with Crippen LogP contribution in [0.5, 0.6) is 0 Å². The number of amides is 1. The van der Waals surface area contributed by atoms with Crippen molar-refractivity contribution in [3.8, 4) is 0 Å². The highest BCUT2D eigenvalue weighted by Gasteiger charge is 2.20. The third-order valence-electron chi connectivity index (χ3n) is 2.38. The van der Waals surface area contributed by atoms with Crippen molar-refractivity contribution in [2.45, 2.75) is 58.2 Å². The molecule has 5 heteroatoms. The highest BCUT2D eigenvalue weighted by Crippen LogP contribution is 2.20. The Bertz CT molecular complexity index is 277. The van der Waals surface area contributed by atoms with Gasteiger partial charge in [-0.05, 0) is 46.5 Å². The molecule has 1 fully saturated rings. The van der Waals surface area contributed by atoms with Crippen LogP contribution in [0.4, 0.5) is 4.79 Å². The number of nitrogens with one attached hydrogen (secondary N) is 1. The molecule has 1 amide bonds. The number of alkyl carbamates (subject to hydrolysis) is 1. The summed E-state index contributed by atoms with van der Waals surface area (Å²) in [5.41, 5.74) is -0.556. The summed E-state index contributed by atoms with van der Waals surface area (Å²) in [4.78, 5) is 22.6. The predicted octanol–water partition coefficient (Wildman–Crippen LogP) is 2.00. The molecule has 0 heterocycles. The largest absolute Gasteiger partial charge is 0.461 e. The van der Waals surface area contributed by atoms with Crippen LogP contribution in [0.1, 0.15) is 46.5 Å². The summed E-state index contributed by atoms with van der Waals surface area (Å²) in [5, 5.41) is 2.38. The van der Waals surface area contributed by atoms with Gasteiger partial charge in [-0.1, -0.05) is 0 Å². The minimum Gasteiger partial charge on any atom is -0.461 e. The number of ether oxygens (including phenoxy) is 2. The van der Waals surface area contributed by atoms with E-state index in [1.807, 2.05) is 0 Å². The molecule has 0 spiro atoms. The van der Waals surface area contributed by atoms with E-state index in [1.165, 1.54) is 0 Å². The van der Waals surface area contributed by atoms with Crippen molar-refractivity contribution in [3.63, 3.8) is 0 Å². The summed E-state index contributed by atoms with van der Waals surface area (Å²) >= 11 is 0.